The van der Waals surface area contributed by atoms with Crippen LogP contribution in [0.25, 0.3) is 0 Å². The number of benzene rings is 1. The van der Waals surface area contributed by atoms with Gasteiger partial charge in [-0.1, -0.05) is 11.6 Å². The summed E-state index contributed by atoms with van der Waals surface area (Å²) in [4.78, 5) is 13.2. The van der Waals surface area contributed by atoms with Crippen LogP contribution < -0.4 is 10.5 Å². The highest BCUT2D eigenvalue weighted by Crippen LogP contribution is 2.23. The van der Waals surface area contributed by atoms with Crippen molar-refractivity contribution in [2.24, 2.45) is 5.73 Å². The molecule has 0 heterocycles. The largest absolute Gasteiger partial charge is 0.496 e. The average Bonchev–Trinajstić information content (AvgIpc) is 2.29. The summed E-state index contributed by atoms with van der Waals surface area (Å²) in [7, 11) is 3.33. The molecule has 0 aliphatic carbocycles. The van der Waals surface area contributed by atoms with Crippen molar-refractivity contribution in [1.82, 2.24) is 4.90 Å². The van der Waals surface area contributed by atoms with Gasteiger partial charge in [0.05, 0.1) is 7.11 Å². The Balaban J connectivity index is 2.79. The zero-order valence-corrected chi connectivity index (χ0v) is 10.8. The topological polar surface area (TPSA) is 55.6 Å². The molecule has 1 aromatic carbocycles. The molecule has 0 aliphatic heterocycles. The standard InChI is InChI=1S/C12H17ClN2O2/c1-15(12(16)5-6-14)8-9-7-10(13)3-4-11(9)17-2/h3-4,7H,5-6,8,14H2,1-2H3. The van der Waals surface area contributed by atoms with E-state index >= 15 is 0 Å². The first-order chi connectivity index (χ1) is 8.08. The summed E-state index contributed by atoms with van der Waals surface area (Å²) in [5.74, 6) is 0.733. The zero-order valence-electron chi connectivity index (χ0n) is 10.1. The second-order valence-electron chi connectivity index (χ2n) is 3.74. The van der Waals surface area contributed by atoms with Crippen LogP contribution in [0.15, 0.2) is 18.2 Å². The van der Waals surface area contributed by atoms with Crippen LogP contribution in [0.4, 0.5) is 0 Å². The van der Waals surface area contributed by atoms with Crippen LogP contribution in [0.1, 0.15) is 12.0 Å². The summed E-state index contributed by atoms with van der Waals surface area (Å²) < 4.78 is 5.22. The number of nitrogens with two attached hydrogens (primary N) is 1. The predicted molar refractivity (Wildman–Crippen MR) is 68.1 cm³/mol. The van der Waals surface area contributed by atoms with Crippen LogP contribution in [-0.2, 0) is 11.3 Å². The fourth-order valence-corrected chi connectivity index (χ4v) is 1.72. The minimum atomic E-state index is 0.00882. The predicted octanol–water partition coefficient (Wildman–Crippen LogP) is 1.66. The Kier molecular flexibility index (Phi) is 5.25. The molecule has 0 saturated carbocycles. The molecule has 0 spiro atoms. The minimum absolute atomic E-state index is 0.00882. The van der Waals surface area contributed by atoms with Crippen LogP contribution in [0.2, 0.25) is 5.02 Å². The van der Waals surface area contributed by atoms with E-state index in [4.69, 9.17) is 22.1 Å². The molecule has 0 fully saturated rings. The Bertz CT molecular complexity index is 396. The summed E-state index contributed by atoms with van der Waals surface area (Å²) in [6.45, 7) is 0.818. The van der Waals surface area contributed by atoms with E-state index in [-0.39, 0.29) is 5.91 Å². The molecule has 0 radical (unpaired) electrons. The molecule has 94 valence electrons. The Morgan fingerprint density at radius 2 is 2.24 bits per heavy atom. The number of halogens is 1. The molecular formula is C12H17ClN2O2. The highest BCUT2D eigenvalue weighted by Gasteiger charge is 2.11. The summed E-state index contributed by atoms with van der Waals surface area (Å²) in [6, 6.07) is 5.34. The lowest BCUT2D eigenvalue weighted by atomic mass is 10.2. The minimum Gasteiger partial charge on any atom is -0.496 e. The number of methoxy groups -OCH3 is 1. The van der Waals surface area contributed by atoms with Crippen molar-refractivity contribution in [2.45, 2.75) is 13.0 Å². The van der Waals surface area contributed by atoms with Crippen molar-refractivity contribution in [3.63, 3.8) is 0 Å². The van der Waals surface area contributed by atoms with E-state index in [0.717, 1.165) is 11.3 Å². The normalized spacial score (nSPS) is 10.1. The van der Waals surface area contributed by atoms with E-state index in [1.165, 1.54) is 0 Å². The lowest BCUT2D eigenvalue weighted by Crippen LogP contribution is -2.28. The summed E-state index contributed by atoms with van der Waals surface area (Å²) >= 11 is 5.92. The van der Waals surface area contributed by atoms with Crippen LogP contribution in [-0.4, -0.2) is 31.5 Å². The van der Waals surface area contributed by atoms with Crippen molar-refractivity contribution in [2.75, 3.05) is 20.7 Å². The quantitative estimate of drug-likeness (QED) is 0.872. The van der Waals surface area contributed by atoms with E-state index in [1.807, 2.05) is 0 Å². The molecule has 1 rings (SSSR count). The average molecular weight is 257 g/mol. The second kappa shape index (κ2) is 6.47. The summed E-state index contributed by atoms with van der Waals surface area (Å²) in [6.07, 6.45) is 0.347. The first kappa shape index (κ1) is 13.8. The van der Waals surface area contributed by atoms with Gasteiger partial charge in [-0.3, -0.25) is 4.79 Å². The molecule has 0 bridgehead atoms. The van der Waals surface area contributed by atoms with E-state index in [9.17, 15) is 4.79 Å². The van der Waals surface area contributed by atoms with Crippen LogP contribution in [0, 0.1) is 0 Å². The van der Waals surface area contributed by atoms with Gasteiger partial charge < -0.3 is 15.4 Å². The molecular weight excluding hydrogens is 240 g/mol. The van der Waals surface area contributed by atoms with Crippen molar-refractivity contribution >= 4 is 17.5 Å². The van der Waals surface area contributed by atoms with Gasteiger partial charge >= 0.3 is 0 Å². The third-order valence-corrected chi connectivity index (χ3v) is 2.67. The lowest BCUT2D eigenvalue weighted by molar-refractivity contribution is -0.130. The molecule has 2 N–H and O–H groups in total. The molecule has 0 aliphatic rings. The third-order valence-electron chi connectivity index (χ3n) is 2.43. The summed E-state index contributed by atoms with van der Waals surface area (Å²) in [5, 5.41) is 0.625. The monoisotopic (exact) mass is 256 g/mol. The fraction of sp³-hybridized carbons (Fsp3) is 0.417. The lowest BCUT2D eigenvalue weighted by Gasteiger charge is -2.18. The maximum atomic E-state index is 11.6. The number of hydrogen-bond donors (Lipinski definition) is 1. The number of hydrogen-bond acceptors (Lipinski definition) is 3. The van der Waals surface area contributed by atoms with Crippen molar-refractivity contribution < 1.29 is 9.53 Å². The first-order valence-corrected chi connectivity index (χ1v) is 5.72. The number of rotatable bonds is 5. The van der Waals surface area contributed by atoms with E-state index < -0.39 is 0 Å². The van der Waals surface area contributed by atoms with Gasteiger partial charge in [0.1, 0.15) is 5.75 Å². The fourth-order valence-electron chi connectivity index (χ4n) is 1.53. The van der Waals surface area contributed by atoms with Crippen molar-refractivity contribution in [1.29, 1.82) is 0 Å². The van der Waals surface area contributed by atoms with Gasteiger partial charge in [-0.25, -0.2) is 0 Å². The van der Waals surface area contributed by atoms with Gasteiger partial charge in [-0.2, -0.15) is 0 Å². The van der Waals surface area contributed by atoms with Gasteiger partial charge in [0, 0.05) is 37.1 Å². The highest BCUT2D eigenvalue weighted by molar-refractivity contribution is 6.30. The smallest absolute Gasteiger partial charge is 0.223 e. The molecule has 0 atom stereocenters. The van der Waals surface area contributed by atoms with Crippen LogP contribution in [0.5, 0.6) is 5.75 Å². The molecule has 17 heavy (non-hydrogen) atoms. The molecule has 0 aromatic heterocycles. The summed E-state index contributed by atoms with van der Waals surface area (Å²) in [5.41, 5.74) is 6.23. The van der Waals surface area contributed by atoms with Crippen molar-refractivity contribution in [3.8, 4) is 5.75 Å². The van der Waals surface area contributed by atoms with Crippen LogP contribution >= 0.6 is 11.6 Å². The number of carbonyl (C=O) groups is 1. The Labute approximate surface area is 106 Å². The Morgan fingerprint density at radius 1 is 1.53 bits per heavy atom. The molecule has 0 saturated heterocycles. The third kappa shape index (κ3) is 3.91. The zero-order chi connectivity index (χ0) is 12.8. The van der Waals surface area contributed by atoms with E-state index in [2.05, 4.69) is 0 Å². The van der Waals surface area contributed by atoms with E-state index in [0.29, 0.717) is 24.5 Å². The molecule has 1 amide bonds. The van der Waals surface area contributed by atoms with Crippen LogP contribution in [0.3, 0.4) is 0 Å². The van der Waals surface area contributed by atoms with Gasteiger partial charge in [0.25, 0.3) is 0 Å². The number of ether oxygens (including phenoxy) is 1. The molecule has 5 heteroatoms. The second-order valence-corrected chi connectivity index (χ2v) is 4.18. The number of nitrogens with zero attached hydrogens (tertiary/aromatic N) is 1. The number of carbonyl (C=O) groups excluding carboxylic acids is 1. The van der Waals surface area contributed by atoms with E-state index in [1.54, 1.807) is 37.3 Å². The van der Waals surface area contributed by atoms with Crippen molar-refractivity contribution in [3.05, 3.63) is 28.8 Å². The molecule has 0 unspecified atom stereocenters. The Hall–Kier alpha value is -1.26. The highest BCUT2D eigenvalue weighted by atomic mass is 35.5. The number of amides is 1. The van der Waals surface area contributed by atoms with Gasteiger partial charge in [0.15, 0.2) is 0 Å². The first-order valence-electron chi connectivity index (χ1n) is 5.35. The van der Waals surface area contributed by atoms with Gasteiger partial charge in [-0.05, 0) is 18.2 Å². The van der Waals surface area contributed by atoms with Gasteiger partial charge in [-0.15, -0.1) is 0 Å². The maximum Gasteiger partial charge on any atom is 0.223 e. The molecule has 4 nitrogen and oxygen atoms in total. The SMILES string of the molecule is COc1ccc(Cl)cc1CN(C)C(=O)CCN. The van der Waals surface area contributed by atoms with Gasteiger partial charge in [0.2, 0.25) is 5.91 Å². The maximum absolute atomic E-state index is 11.6. The Morgan fingerprint density at radius 3 is 2.82 bits per heavy atom. The molecule has 1 aromatic rings.